The fraction of sp³-hybridized carbons (Fsp3) is 0.273. The summed E-state index contributed by atoms with van der Waals surface area (Å²) in [6.45, 7) is 0.423. The van der Waals surface area contributed by atoms with Gasteiger partial charge in [0.2, 0.25) is 0 Å². The Balaban J connectivity index is 2.61. The lowest BCUT2D eigenvalue weighted by atomic mass is 10.1. The number of urea groups is 1. The molecule has 0 fully saturated rings. The summed E-state index contributed by atoms with van der Waals surface area (Å²) in [5, 5.41) is 7.49. The van der Waals surface area contributed by atoms with Crippen molar-refractivity contribution in [3.05, 3.63) is 29.6 Å². The molecule has 18 heavy (non-hydrogen) atoms. The van der Waals surface area contributed by atoms with Crippen molar-refractivity contribution in [2.75, 3.05) is 25.5 Å². The third kappa shape index (κ3) is 3.62. The van der Waals surface area contributed by atoms with Crippen molar-refractivity contribution in [2.24, 2.45) is 5.73 Å². The summed E-state index contributed by atoms with van der Waals surface area (Å²) in [6.07, 6.45) is 0. The van der Waals surface area contributed by atoms with Crippen LogP contribution in [-0.4, -0.2) is 32.1 Å². The Kier molecular flexibility index (Phi) is 4.91. The molecule has 98 valence electrons. The molecule has 0 aliphatic rings. The number of benzene rings is 1. The number of amides is 3. The number of primary amides is 1. The Hall–Kier alpha value is -2.31. The lowest BCUT2D eigenvalue weighted by molar-refractivity contribution is 0.0954. The van der Waals surface area contributed by atoms with Crippen molar-refractivity contribution in [3.63, 3.8) is 0 Å². The first-order chi connectivity index (χ1) is 8.56. The summed E-state index contributed by atoms with van der Waals surface area (Å²) in [5.74, 6) is -0.925. The molecule has 1 rings (SSSR count). The summed E-state index contributed by atoms with van der Waals surface area (Å²) in [5.41, 5.74) is 5.21. The molecule has 0 saturated heterocycles. The molecule has 5 N–H and O–H groups in total. The van der Waals surface area contributed by atoms with E-state index in [1.54, 1.807) is 0 Å². The Morgan fingerprint density at radius 3 is 2.56 bits per heavy atom. The number of rotatable bonds is 5. The maximum Gasteiger partial charge on any atom is 0.312 e. The molecule has 1 aromatic rings. The second kappa shape index (κ2) is 6.43. The highest BCUT2D eigenvalue weighted by Gasteiger charge is 2.13. The van der Waals surface area contributed by atoms with Gasteiger partial charge in [0.15, 0.2) is 0 Å². The third-order valence-electron chi connectivity index (χ3n) is 2.22. The van der Waals surface area contributed by atoms with E-state index in [1.165, 1.54) is 25.2 Å². The smallest absolute Gasteiger partial charge is 0.312 e. The quantitative estimate of drug-likeness (QED) is 0.568. The van der Waals surface area contributed by atoms with Gasteiger partial charge in [0, 0.05) is 20.1 Å². The first-order valence-corrected chi connectivity index (χ1v) is 5.34. The highest BCUT2D eigenvalue weighted by Crippen LogP contribution is 2.18. The normalized spacial score (nSPS) is 9.67. The molecule has 0 bridgehead atoms. The van der Waals surface area contributed by atoms with Crippen molar-refractivity contribution in [1.82, 2.24) is 10.6 Å². The monoisotopic (exact) mass is 254 g/mol. The van der Waals surface area contributed by atoms with E-state index >= 15 is 0 Å². The van der Waals surface area contributed by atoms with Gasteiger partial charge in [-0.2, -0.15) is 0 Å². The van der Waals surface area contributed by atoms with Crippen LogP contribution in [0.2, 0.25) is 0 Å². The standard InChI is InChI=1S/C11H15FN4O2/c1-14-9-7(3-2-4-8(9)12)10(17)15-5-6-16-11(13)18/h2-4,14H,5-6H2,1H3,(H,15,17)(H3,13,16,18). The predicted molar refractivity (Wildman–Crippen MR) is 65.9 cm³/mol. The minimum atomic E-state index is -0.661. The van der Waals surface area contributed by atoms with E-state index in [0.29, 0.717) is 0 Å². The highest BCUT2D eigenvalue weighted by molar-refractivity contribution is 5.99. The minimum absolute atomic E-state index is 0.137. The SMILES string of the molecule is CNc1c(F)cccc1C(=O)NCCNC(N)=O. The first kappa shape index (κ1) is 13.8. The number of halogens is 1. The predicted octanol–water partition coefficient (Wildman–Crippen LogP) is 0.266. The Labute approximate surface area is 104 Å². The van der Waals surface area contributed by atoms with Crippen LogP contribution in [0.25, 0.3) is 0 Å². The molecule has 3 amide bonds. The van der Waals surface area contributed by atoms with Crippen LogP contribution in [0.3, 0.4) is 0 Å². The van der Waals surface area contributed by atoms with Crippen molar-refractivity contribution in [2.45, 2.75) is 0 Å². The number of hydrogen-bond donors (Lipinski definition) is 4. The Morgan fingerprint density at radius 2 is 1.94 bits per heavy atom. The van der Waals surface area contributed by atoms with E-state index in [0.717, 1.165) is 0 Å². The van der Waals surface area contributed by atoms with Crippen molar-refractivity contribution in [3.8, 4) is 0 Å². The summed E-state index contributed by atoms with van der Waals surface area (Å²) in [6, 6.07) is 3.56. The van der Waals surface area contributed by atoms with Gasteiger partial charge in [-0.15, -0.1) is 0 Å². The molecule has 0 aromatic heterocycles. The number of hydrogen-bond acceptors (Lipinski definition) is 3. The second-order valence-electron chi connectivity index (χ2n) is 3.46. The maximum atomic E-state index is 13.4. The van der Waals surface area contributed by atoms with E-state index in [1.807, 2.05) is 0 Å². The topological polar surface area (TPSA) is 96.2 Å². The average Bonchev–Trinajstić information content (AvgIpc) is 2.33. The van der Waals surface area contributed by atoms with Crippen LogP contribution < -0.4 is 21.7 Å². The fourth-order valence-corrected chi connectivity index (χ4v) is 1.42. The molecule has 0 spiro atoms. The van der Waals surface area contributed by atoms with Crippen molar-refractivity contribution >= 4 is 17.6 Å². The summed E-state index contributed by atoms with van der Waals surface area (Å²) < 4.78 is 13.4. The molecule has 0 saturated carbocycles. The molecule has 6 nitrogen and oxygen atoms in total. The zero-order chi connectivity index (χ0) is 13.5. The highest BCUT2D eigenvalue weighted by atomic mass is 19.1. The number of carbonyl (C=O) groups is 2. The van der Waals surface area contributed by atoms with Crippen LogP contribution in [0.15, 0.2) is 18.2 Å². The molecule has 0 atom stereocenters. The molecule has 0 unspecified atom stereocenters. The van der Waals surface area contributed by atoms with Crippen molar-refractivity contribution in [1.29, 1.82) is 0 Å². The number of nitrogens with one attached hydrogen (secondary N) is 3. The van der Waals surface area contributed by atoms with Gasteiger partial charge in [0.05, 0.1) is 11.3 Å². The lowest BCUT2D eigenvalue weighted by Crippen LogP contribution is -2.37. The minimum Gasteiger partial charge on any atom is -0.385 e. The summed E-state index contributed by atoms with van der Waals surface area (Å²) >= 11 is 0. The molecule has 0 aliphatic carbocycles. The number of nitrogens with two attached hydrogens (primary N) is 1. The molecule has 7 heteroatoms. The van der Waals surface area contributed by atoms with Crippen LogP contribution in [-0.2, 0) is 0 Å². The van der Waals surface area contributed by atoms with E-state index < -0.39 is 17.8 Å². The van der Waals surface area contributed by atoms with Gasteiger partial charge >= 0.3 is 6.03 Å². The first-order valence-electron chi connectivity index (χ1n) is 5.34. The summed E-state index contributed by atoms with van der Waals surface area (Å²) in [7, 11) is 1.53. The zero-order valence-electron chi connectivity index (χ0n) is 9.92. The van der Waals surface area contributed by atoms with Crippen LogP contribution in [0, 0.1) is 5.82 Å². The van der Waals surface area contributed by atoms with Crippen LogP contribution in [0.1, 0.15) is 10.4 Å². The van der Waals surface area contributed by atoms with Crippen LogP contribution >= 0.6 is 0 Å². The van der Waals surface area contributed by atoms with Gasteiger partial charge in [0.25, 0.3) is 5.91 Å². The van der Waals surface area contributed by atoms with Gasteiger partial charge in [-0.1, -0.05) is 6.07 Å². The zero-order valence-corrected chi connectivity index (χ0v) is 9.92. The van der Waals surface area contributed by atoms with E-state index in [9.17, 15) is 14.0 Å². The molecule has 1 aromatic carbocycles. The number of para-hydroxylation sites is 1. The molecular weight excluding hydrogens is 239 g/mol. The van der Waals surface area contributed by atoms with Crippen LogP contribution in [0.4, 0.5) is 14.9 Å². The molecule has 0 radical (unpaired) electrons. The number of anilines is 1. The molecule has 0 aliphatic heterocycles. The fourth-order valence-electron chi connectivity index (χ4n) is 1.42. The largest absolute Gasteiger partial charge is 0.385 e. The maximum absolute atomic E-state index is 13.4. The summed E-state index contributed by atoms with van der Waals surface area (Å²) in [4.78, 5) is 22.2. The van der Waals surface area contributed by atoms with Gasteiger partial charge in [-0.05, 0) is 12.1 Å². The van der Waals surface area contributed by atoms with Gasteiger partial charge in [-0.3, -0.25) is 4.79 Å². The van der Waals surface area contributed by atoms with E-state index in [-0.39, 0.29) is 24.3 Å². The molecule has 0 heterocycles. The van der Waals surface area contributed by atoms with E-state index in [2.05, 4.69) is 16.0 Å². The second-order valence-corrected chi connectivity index (χ2v) is 3.46. The Bertz CT molecular complexity index is 451. The molecular formula is C11H15FN4O2. The number of carbonyl (C=O) groups excluding carboxylic acids is 2. The van der Waals surface area contributed by atoms with Gasteiger partial charge in [0.1, 0.15) is 5.82 Å². The van der Waals surface area contributed by atoms with Crippen molar-refractivity contribution < 1.29 is 14.0 Å². The van der Waals surface area contributed by atoms with Gasteiger partial charge in [-0.25, -0.2) is 9.18 Å². The van der Waals surface area contributed by atoms with Crippen LogP contribution in [0.5, 0.6) is 0 Å². The van der Waals surface area contributed by atoms with E-state index in [4.69, 9.17) is 5.73 Å². The third-order valence-corrected chi connectivity index (χ3v) is 2.22. The average molecular weight is 254 g/mol. The lowest BCUT2D eigenvalue weighted by Gasteiger charge is -2.10. The Morgan fingerprint density at radius 1 is 1.28 bits per heavy atom. The van der Waals surface area contributed by atoms with Gasteiger partial charge < -0.3 is 21.7 Å².